The summed E-state index contributed by atoms with van der Waals surface area (Å²) in [5.41, 5.74) is 1.50. The van der Waals surface area contributed by atoms with Crippen LogP contribution in [0.1, 0.15) is 38.1 Å². The summed E-state index contributed by atoms with van der Waals surface area (Å²) in [6.45, 7) is 0. The minimum absolute atomic E-state index is 0.141. The fourth-order valence-corrected chi connectivity index (χ4v) is 4.72. The molecule has 6 nitrogen and oxygen atoms in total. The minimum atomic E-state index is -0.141. The Hall–Kier alpha value is -2.51. The monoisotopic (exact) mass is 442 g/mol. The molecule has 1 saturated carbocycles. The van der Waals surface area contributed by atoms with E-state index in [4.69, 9.17) is 11.6 Å². The van der Waals surface area contributed by atoms with Crippen LogP contribution < -0.4 is 5.32 Å². The highest BCUT2D eigenvalue weighted by Gasteiger charge is 2.24. The molecular formula is C22H23ClN4O2S. The molecule has 3 aromatic rings. The molecule has 2 N–H and O–H groups in total. The maximum absolute atomic E-state index is 12.5. The van der Waals surface area contributed by atoms with Crippen molar-refractivity contribution in [2.75, 3.05) is 11.1 Å². The van der Waals surface area contributed by atoms with Gasteiger partial charge in [0.1, 0.15) is 5.75 Å². The van der Waals surface area contributed by atoms with E-state index in [2.05, 4.69) is 20.1 Å². The smallest absolute Gasteiger partial charge is 0.234 e. The van der Waals surface area contributed by atoms with E-state index in [1.54, 1.807) is 24.3 Å². The van der Waals surface area contributed by atoms with Crippen LogP contribution in [0.25, 0.3) is 11.4 Å². The number of aromatic nitrogens is 3. The number of carbonyl (C=O) groups excluding carboxylic acids is 1. The van der Waals surface area contributed by atoms with Crippen LogP contribution >= 0.6 is 23.4 Å². The molecule has 0 spiro atoms. The number of halogens is 1. The van der Waals surface area contributed by atoms with E-state index < -0.39 is 0 Å². The van der Waals surface area contributed by atoms with Gasteiger partial charge in [-0.2, -0.15) is 0 Å². The van der Waals surface area contributed by atoms with Gasteiger partial charge in [-0.05, 0) is 49.2 Å². The highest BCUT2D eigenvalue weighted by molar-refractivity contribution is 7.99. The molecule has 30 heavy (non-hydrogen) atoms. The van der Waals surface area contributed by atoms with Crippen LogP contribution in [0.5, 0.6) is 5.75 Å². The molecule has 0 saturated heterocycles. The van der Waals surface area contributed by atoms with Gasteiger partial charge in [-0.25, -0.2) is 0 Å². The van der Waals surface area contributed by atoms with Gasteiger partial charge in [0.2, 0.25) is 5.91 Å². The number of nitrogens with one attached hydrogen (secondary N) is 1. The Morgan fingerprint density at radius 3 is 2.57 bits per heavy atom. The third kappa shape index (κ3) is 4.79. The van der Waals surface area contributed by atoms with Crippen LogP contribution in [0.4, 0.5) is 5.69 Å². The summed E-state index contributed by atoms with van der Waals surface area (Å²) in [7, 11) is 0. The first kappa shape index (κ1) is 20.8. The lowest BCUT2D eigenvalue weighted by molar-refractivity contribution is -0.113. The SMILES string of the molecule is O=C(CSc1nnc(-c2ccc(O)cc2)n1C1CCCCC1)Nc1ccccc1Cl. The number of rotatable bonds is 6. The van der Waals surface area contributed by atoms with Crippen molar-refractivity contribution in [2.45, 2.75) is 43.3 Å². The largest absolute Gasteiger partial charge is 0.508 e. The Kier molecular flexibility index (Phi) is 6.59. The van der Waals surface area contributed by atoms with Gasteiger partial charge in [-0.3, -0.25) is 9.36 Å². The highest BCUT2D eigenvalue weighted by atomic mass is 35.5. The normalized spacial score (nSPS) is 14.6. The topological polar surface area (TPSA) is 80.0 Å². The maximum Gasteiger partial charge on any atom is 0.234 e. The van der Waals surface area contributed by atoms with Gasteiger partial charge in [-0.15, -0.1) is 10.2 Å². The molecule has 1 aromatic heterocycles. The first-order chi connectivity index (χ1) is 14.6. The van der Waals surface area contributed by atoms with E-state index in [0.29, 0.717) is 16.8 Å². The van der Waals surface area contributed by atoms with E-state index in [1.807, 2.05) is 24.3 Å². The van der Waals surface area contributed by atoms with E-state index in [-0.39, 0.29) is 17.4 Å². The molecule has 0 bridgehead atoms. The number of hydrogen-bond donors (Lipinski definition) is 2. The van der Waals surface area contributed by atoms with Crippen molar-refractivity contribution in [2.24, 2.45) is 0 Å². The summed E-state index contributed by atoms with van der Waals surface area (Å²) in [5, 5.41) is 22.5. The van der Waals surface area contributed by atoms with Gasteiger partial charge in [0.25, 0.3) is 0 Å². The average molecular weight is 443 g/mol. The lowest BCUT2D eigenvalue weighted by Gasteiger charge is -2.25. The number of carbonyl (C=O) groups is 1. The molecule has 1 aliphatic rings. The average Bonchev–Trinajstić information content (AvgIpc) is 3.19. The highest BCUT2D eigenvalue weighted by Crippen LogP contribution is 2.36. The van der Waals surface area contributed by atoms with Crippen molar-refractivity contribution in [3.63, 3.8) is 0 Å². The second-order valence-electron chi connectivity index (χ2n) is 7.33. The lowest BCUT2D eigenvalue weighted by Crippen LogP contribution is -2.17. The zero-order valence-corrected chi connectivity index (χ0v) is 18.0. The molecular weight excluding hydrogens is 420 g/mol. The standard InChI is InChI=1S/C22H23ClN4O2S/c23-18-8-4-5-9-19(18)24-20(29)14-30-22-26-25-21(15-10-12-17(28)13-11-15)27(22)16-6-2-1-3-7-16/h4-5,8-13,16,28H,1-3,6-7,14H2,(H,24,29). The summed E-state index contributed by atoms with van der Waals surface area (Å²) in [5.74, 6) is 1.06. The van der Waals surface area contributed by atoms with E-state index >= 15 is 0 Å². The number of nitrogens with zero attached hydrogens (tertiary/aromatic N) is 3. The van der Waals surface area contributed by atoms with Crippen molar-refractivity contribution in [3.8, 4) is 17.1 Å². The predicted octanol–water partition coefficient (Wildman–Crippen LogP) is 5.54. The maximum atomic E-state index is 12.5. The van der Waals surface area contributed by atoms with Crippen molar-refractivity contribution in [3.05, 3.63) is 53.6 Å². The van der Waals surface area contributed by atoms with Crippen molar-refractivity contribution < 1.29 is 9.90 Å². The number of amides is 1. The molecule has 0 radical (unpaired) electrons. The molecule has 1 aliphatic carbocycles. The van der Waals surface area contributed by atoms with Gasteiger partial charge in [-0.1, -0.05) is 54.8 Å². The minimum Gasteiger partial charge on any atom is -0.508 e. The number of thioether (sulfide) groups is 1. The lowest BCUT2D eigenvalue weighted by atomic mass is 9.95. The Labute approximate surface area is 184 Å². The Morgan fingerprint density at radius 1 is 1.10 bits per heavy atom. The van der Waals surface area contributed by atoms with Crippen LogP contribution in [0.15, 0.2) is 53.7 Å². The van der Waals surface area contributed by atoms with Crippen molar-refractivity contribution >= 4 is 35.0 Å². The molecule has 8 heteroatoms. The fourth-order valence-electron chi connectivity index (χ4n) is 3.73. The Bertz CT molecular complexity index is 1020. The third-order valence-corrected chi connectivity index (χ3v) is 6.48. The molecule has 1 fully saturated rings. The number of phenolic OH excluding ortho intramolecular Hbond substituents is 1. The zero-order valence-electron chi connectivity index (χ0n) is 16.4. The first-order valence-electron chi connectivity index (χ1n) is 10.0. The fraction of sp³-hybridized carbons (Fsp3) is 0.318. The van der Waals surface area contributed by atoms with Crippen LogP contribution in [-0.4, -0.2) is 31.5 Å². The quantitative estimate of drug-likeness (QED) is 0.490. The second kappa shape index (κ2) is 9.53. The van der Waals surface area contributed by atoms with Crippen molar-refractivity contribution in [1.82, 2.24) is 14.8 Å². The van der Waals surface area contributed by atoms with Crippen LogP contribution in [0, 0.1) is 0 Å². The number of hydrogen-bond acceptors (Lipinski definition) is 5. The van der Waals surface area contributed by atoms with Gasteiger partial charge < -0.3 is 10.4 Å². The molecule has 1 amide bonds. The summed E-state index contributed by atoms with van der Waals surface area (Å²) >= 11 is 7.51. The molecule has 0 atom stereocenters. The summed E-state index contributed by atoms with van der Waals surface area (Å²) < 4.78 is 2.17. The number of aromatic hydroxyl groups is 1. The van der Waals surface area contributed by atoms with Gasteiger partial charge in [0, 0.05) is 11.6 Å². The van der Waals surface area contributed by atoms with Crippen LogP contribution in [0.2, 0.25) is 5.02 Å². The third-order valence-electron chi connectivity index (χ3n) is 5.21. The Balaban J connectivity index is 1.54. The second-order valence-corrected chi connectivity index (χ2v) is 8.68. The Morgan fingerprint density at radius 2 is 1.83 bits per heavy atom. The van der Waals surface area contributed by atoms with Crippen LogP contribution in [-0.2, 0) is 4.79 Å². The molecule has 4 rings (SSSR count). The summed E-state index contributed by atoms with van der Waals surface area (Å²) in [4.78, 5) is 12.5. The molecule has 0 aliphatic heterocycles. The molecule has 0 unspecified atom stereocenters. The van der Waals surface area contributed by atoms with E-state index in [9.17, 15) is 9.90 Å². The number of anilines is 1. The molecule has 2 aromatic carbocycles. The molecule has 1 heterocycles. The van der Waals surface area contributed by atoms with Gasteiger partial charge in [0.15, 0.2) is 11.0 Å². The van der Waals surface area contributed by atoms with E-state index in [1.165, 1.54) is 31.0 Å². The van der Waals surface area contributed by atoms with E-state index in [0.717, 1.165) is 29.4 Å². The number of benzene rings is 2. The summed E-state index contributed by atoms with van der Waals surface area (Å²) in [6.07, 6.45) is 5.74. The van der Waals surface area contributed by atoms with Crippen molar-refractivity contribution in [1.29, 1.82) is 0 Å². The number of phenols is 1. The zero-order chi connectivity index (χ0) is 20.9. The van der Waals surface area contributed by atoms with Crippen LogP contribution in [0.3, 0.4) is 0 Å². The van der Waals surface area contributed by atoms with Gasteiger partial charge >= 0.3 is 0 Å². The number of para-hydroxylation sites is 1. The summed E-state index contributed by atoms with van der Waals surface area (Å²) in [6, 6.07) is 14.5. The predicted molar refractivity (Wildman–Crippen MR) is 120 cm³/mol. The first-order valence-corrected chi connectivity index (χ1v) is 11.4. The molecule has 156 valence electrons. The van der Waals surface area contributed by atoms with Gasteiger partial charge in [0.05, 0.1) is 16.5 Å².